The van der Waals surface area contributed by atoms with Gasteiger partial charge in [0, 0.05) is 5.02 Å². The third kappa shape index (κ3) is 5.70. The van der Waals surface area contributed by atoms with Gasteiger partial charge >= 0.3 is 5.97 Å². The fraction of sp³-hybridized carbons (Fsp3) is 0.308. The topological polar surface area (TPSA) is 119 Å². The predicted molar refractivity (Wildman–Crippen MR) is 74.9 cm³/mol. The standard InChI is InChI=1S/C13H15ClN2O5/c1-7(21-9-4-2-8(14)3-5-9)12(18)16-10(13(19)20)6-11(15)17/h2-5,7,10H,6H2,1H3,(H2,15,17)(H,16,18)(H,19,20). The molecular weight excluding hydrogens is 300 g/mol. The minimum atomic E-state index is -1.38. The first-order valence-electron chi connectivity index (χ1n) is 6.03. The molecule has 2 atom stereocenters. The van der Waals surface area contributed by atoms with Crippen molar-refractivity contribution in [2.75, 3.05) is 0 Å². The summed E-state index contributed by atoms with van der Waals surface area (Å²) >= 11 is 5.72. The van der Waals surface area contributed by atoms with E-state index >= 15 is 0 Å². The van der Waals surface area contributed by atoms with E-state index in [1.807, 2.05) is 0 Å². The second-order valence-electron chi connectivity index (χ2n) is 4.28. The third-order valence-electron chi connectivity index (χ3n) is 2.52. The van der Waals surface area contributed by atoms with Crippen molar-refractivity contribution >= 4 is 29.4 Å². The molecule has 0 aliphatic carbocycles. The van der Waals surface area contributed by atoms with Crippen molar-refractivity contribution in [2.24, 2.45) is 5.73 Å². The van der Waals surface area contributed by atoms with Crippen LogP contribution in [0.15, 0.2) is 24.3 Å². The molecule has 2 unspecified atom stereocenters. The van der Waals surface area contributed by atoms with Crippen molar-refractivity contribution in [3.8, 4) is 5.75 Å². The van der Waals surface area contributed by atoms with Gasteiger partial charge in [-0.3, -0.25) is 9.59 Å². The van der Waals surface area contributed by atoms with Crippen molar-refractivity contribution < 1.29 is 24.2 Å². The van der Waals surface area contributed by atoms with Gasteiger partial charge in [0.15, 0.2) is 6.10 Å². The number of primary amides is 1. The normalized spacial score (nSPS) is 13.0. The Bertz CT molecular complexity index is 532. The zero-order valence-electron chi connectivity index (χ0n) is 11.2. The SMILES string of the molecule is CC(Oc1ccc(Cl)cc1)C(=O)NC(CC(N)=O)C(=O)O. The number of aliphatic carboxylic acids is 1. The van der Waals surface area contributed by atoms with Crippen LogP contribution in [0, 0.1) is 0 Å². The molecule has 0 aliphatic heterocycles. The number of hydrogen-bond donors (Lipinski definition) is 3. The Balaban J connectivity index is 2.62. The predicted octanol–water partition coefficient (Wildman–Crippen LogP) is 0.552. The van der Waals surface area contributed by atoms with Crippen LogP contribution in [0.3, 0.4) is 0 Å². The molecule has 0 radical (unpaired) electrons. The Morgan fingerprint density at radius 3 is 2.38 bits per heavy atom. The molecule has 0 saturated heterocycles. The van der Waals surface area contributed by atoms with Gasteiger partial charge in [0.25, 0.3) is 5.91 Å². The van der Waals surface area contributed by atoms with E-state index in [1.54, 1.807) is 24.3 Å². The van der Waals surface area contributed by atoms with E-state index in [2.05, 4.69) is 5.32 Å². The highest BCUT2D eigenvalue weighted by molar-refractivity contribution is 6.30. The van der Waals surface area contributed by atoms with Gasteiger partial charge in [0.05, 0.1) is 6.42 Å². The van der Waals surface area contributed by atoms with E-state index in [0.717, 1.165) is 0 Å². The average molecular weight is 315 g/mol. The van der Waals surface area contributed by atoms with Crippen LogP contribution in [0.2, 0.25) is 5.02 Å². The van der Waals surface area contributed by atoms with Crippen molar-refractivity contribution in [1.29, 1.82) is 0 Å². The number of carboxylic acid groups (broad SMARTS) is 1. The van der Waals surface area contributed by atoms with Crippen LogP contribution in [0.5, 0.6) is 5.75 Å². The number of carboxylic acids is 1. The van der Waals surface area contributed by atoms with Crippen LogP contribution in [0.4, 0.5) is 0 Å². The minimum absolute atomic E-state index is 0.406. The quantitative estimate of drug-likeness (QED) is 0.679. The van der Waals surface area contributed by atoms with Gasteiger partial charge in [0.2, 0.25) is 5.91 Å². The van der Waals surface area contributed by atoms with E-state index in [4.69, 9.17) is 27.2 Å². The average Bonchev–Trinajstić information content (AvgIpc) is 2.39. The highest BCUT2D eigenvalue weighted by Crippen LogP contribution is 2.16. The van der Waals surface area contributed by atoms with Crippen LogP contribution in [-0.2, 0) is 14.4 Å². The number of ether oxygens (including phenoxy) is 1. The van der Waals surface area contributed by atoms with Crippen molar-refractivity contribution in [3.63, 3.8) is 0 Å². The molecule has 0 heterocycles. The van der Waals surface area contributed by atoms with Gasteiger partial charge in [-0.25, -0.2) is 4.79 Å². The van der Waals surface area contributed by atoms with Crippen molar-refractivity contribution in [2.45, 2.75) is 25.5 Å². The lowest BCUT2D eigenvalue weighted by Crippen LogP contribution is -2.47. The Hall–Kier alpha value is -2.28. The summed E-state index contributed by atoms with van der Waals surface area (Å²) in [4.78, 5) is 33.5. The Morgan fingerprint density at radius 1 is 1.33 bits per heavy atom. The van der Waals surface area contributed by atoms with Crippen LogP contribution in [0.1, 0.15) is 13.3 Å². The van der Waals surface area contributed by atoms with Crippen molar-refractivity contribution in [1.82, 2.24) is 5.32 Å². The number of rotatable bonds is 7. The summed E-state index contributed by atoms with van der Waals surface area (Å²) < 4.78 is 5.34. The lowest BCUT2D eigenvalue weighted by Gasteiger charge is -2.18. The number of nitrogens with one attached hydrogen (secondary N) is 1. The lowest BCUT2D eigenvalue weighted by atomic mass is 10.2. The lowest BCUT2D eigenvalue weighted by molar-refractivity contribution is -0.144. The molecule has 1 aromatic carbocycles. The largest absolute Gasteiger partial charge is 0.481 e. The molecule has 0 aromatic heterocycles. The fourth-order valence-electron chi connectivity index (χ4n) is 1.46. The molecule has 0 bridgehead atoms. The van der Waals surface area contributed by atoms with Gasteiger partial charge in [-0.05, 0) is 31.2 Å². The highest BCUT2D eigenvalue weighted by atomic mass is 35.5. The third-order valence-corrected chi connectivity index (χ3v) is 2.77. The molecular formula is C13H15ClN2O5. The Kier molecular flexibility index (Phi) is 5.98. The number of halogens is 1. The molecule has 114 valence electrons. The number of nitrogens with two attached hydrogens (primary N) is 1. The summed E-state index contributed by atoms with van der Waals surface area (Å²) in [5.41, 5.74) is 4.92. The maximum absolute atomic E-state index is 11.8. The number of carbonyl (C=O) groups is 3. The summed E-state index contributed by atoms with van der Waals surface area (Å²) in [7, 11) is 0. The summed E-state index contributed by atoms with van der Waals surface area (Å²) in [6.45, 7) is 1.45. The maximum Gasteiger partial charge on any atom is 0.326 e. The molecule has 8 heteroatoms. The zero-order chi connectivity index (χ0) is 16.0. The maximum atomic E-state index is 11.8. The first kappa shape index (κ1) is 16.8. The summed E-state index contributed by atoms with van der Waals surface area (Å²) in [5, 5.41) is 11.6. The van der Waals surface area contributed by atoms with Crippen LogP contribution in [-0.4, -0.2) is 35.0 Å². The molecule has 0 fully saturated rings. The van der Waals surface area contributed by atoms with Gasteiger partial charge in [-0.15, -0.1) is 0 Å². The van der Waals surface area contributed by atoms with E-state index in [0.29, 0.717) is 10.8 Å². The van der Waals surface area contributed by atoms with Crippen LogP contribution >= 0.6 is 11.6 Å². The molecule has 0 aliphatic rings. The smallest absolute Gasteiger partial charge is 0.326 e. The molecule has 21 heavy (non-hydrogen) atoms. The monoisotopic (exact) mass is 314 g/mol. The van der Waals surface area contributed by atoms with E-state index in [1.165, 1.54) is 6.92 Å². The Morgan fingerprint density at radius 2 is 1.90 bits per heavy atom. The molecule has 4 N–H and O–H groups in total. The fourth-order valence-corrected chi connectivity index (χ4v) is 1.59. The molecule has 2 amide bonds. The first-order chi connectivity index (χ1) is 9.79. The number of hydrogen-bond acceptors (Lipinski definition) is 4. The van der Waals surface area contributed by atoms with Crippen LogP contribution in [0.25, 0.3) is 0 Å². The summed E-state index contributed by atoms with van der Waals surface area (Å²) in [6, 6.07) is 4.95. The van der Waals surface area contributed by atoms with Gasteiger partial charge in [-0.1, -0.05) is 11.6 Å². The van der Waals surface area contributed by atoms with E-state index < -0.39 is 36.4 Å². The molecule has 7 nitrogen and oxygen atoms in total. The first-order valence-corrected chi connectivity index (χ1v) is 6.41. The van der Waals surface area contributed by atoms with E-state index in [-0.39, 0.29) is 0 Å². The Labute approximate surface area is 126 Å². The highest BCUT2D eigenvalue weighted by Gasteiger charge is 2.25. The molecule has 0 spiro atoms. The minimum Gasteiger partial charge on any atom is -0.481 e. The molecule has 0 saturated carbocycles. The molecule has 1 aromatic rings. The molecule has 1 rings (SSSR count). The van der Waals surface area contributed by atoms with Gasteiger partial charge < -0.3 is 20.9 Å². The second-order valence-corrected chi connectivity index (χ2v) is 4.72. The number of benzene rings is 1. The van der Waals surface area contributed by atoms with Gasteiger partial charge in [0.1, 0.15) is 11.8 Å². The van der Waals surface area contributed by atoms with Gasteiger partial charge in [-0.2, -0.15) is 0 Å². The van der Waals surface area contributed by atoms with E-state index in [9.17, 15) is 14.4 Å². The number of carbonyl (C=O) groups excluding carboxylic acids is 2. The van der Waals surface area contributed by atoms with Crippen LogP contribution < -0.4 is 15.8 Å². The van der Waals surface area contributed by atoms with Crippen molar-refractivity contribution in [3.05, 3.63) is 29.3 Å². The number of amides is 2. The summed E-state index contributed by atoms with van der Waals surface area (Å²) in [5.74, 6) is -2.43. The second kappa shape index (κ2) is 7.49. The zero-order valence-corrected chi connectivity index (χ0v) is 12.0. The summed E-state index contributed by atoms with van der Waals surface area (Å²) in [6.07, 6.45) is -1.43.